The lowest BCUT2D eigenvalue weighted by molar-refractivity contribution is 0.118. The minimum atomic E-state index is 0.780. The number of rotatable bonds is 5. The van der Waals surface area contributed by atoms with Gasteiger partial charge in [-0.15, -0.1) is 0 Å². The summed E-state index contributed by atoms with van der Waals surface area (Å²) in [5.41, 5.74) is 0. The second-order valence-electron chi connectivity index (χ2n) is 7.07. The molecule has 0 heterocycles. The van der Waals surface area contributed by atoms with Gasteiger partial charge in [0, 0.05) is 18.6 Å². The highest BCUT2D eigenvalue weighted by Crippen LogP contribution is 2.30. The monoisotopic (exact) mass is 266 g/mol. The van der Waals surface area contributed by atoms with Gasteiger partial charge in [0.25, 0.3) is 0 Å². The summed E-state index contributed by atoms with van der Waals surface area (Å²) in [5, 5.41) is 3.72. The van der Waals surface area contributed by atoms with Crippen LogP contribution in [0.15, 0.2) is 0 Å². The predicted octanol–water partition coefficient (Wildman–Crippen LogP) is 3.67. The maximum absolute atomic E-state index is 3.72. The summed E-state index contributed by atoms with van der Waals surface area (Å²) in [4.78, 5) is 2.69. The van der Waals surface area contributed by atoms with Crippen LogP contribution in [0.4, 0.5) is 0 Å². The lowest BCUT2D eigenvalue weighted by atomic mass is 9.82. The summed E-state index contributed by atoms with van der Waals surface area (Å²) in [5.74, 6) is 1.83. The Labute approximate surface area is 120 Å². The van der Waals surface area contributed by atoms with Gasteiger partial charge in [-0.25, -0.2) is 0 Å². The molecule has 2 aliphatic carbocycles. The Bertz CT molecular complexity index is 252. The third-order valence-electron chi connectivity index (χ3n) is 5.43. The SMILES string of the molecule is CCNC1CCCCC1CN(C)C1CCCC(C)C1. The molecule has 2 aliphatic rings. The van der Waals surface area contributed by atoms with Crippen LogP contribution in [0.5, 0.6) is 0 Å². The fraction of sp³-hybridized carbons (Fsp3) is 1.00. The molecule has 0 saturated heterocycles. The van der Waals surface area contributed by atoms with Crippen LogP contribution in [-0.2, 0) is 0 Å². The largest absolute Gasteiger partial charge is 0.314 e. The third-order valence-corrected chi connectivity index (χ3v) is 5.43. The van der Waals surface area contributed by atoms with Gasteiger partial charge in [0.1, 0.15) is 0 Å². The molecule has 0 aliphatic heterocycles. The van der Waals surface area contributed by atoms with Crippen LogP contribution in [0.25, 0.3) is 0 Å². The molecule has 19 heavy (non-hydrogen) atoms. The summed E-state index contributed by atoms with van der Waals surface area (Å²) in [6.45, 7) is 7.13. The van der Waals surface area contributed by atoms with Gasteiger partial charge in [-0.05, 0) is 51.1 Å². The second kappa shape index (κ2) is 7.64. The first-order valence-electron chi connectivity index (χ1n) is 8.64. The van der Waals surface area contributed by atoms with Gasteiger partial charge in [0.2, 0.25) is 0 Å². The van der Waals surface area contributed by atoms with Crippen molar-refractivity contribution in [2.75, 3.05) is 20.1 Å². The van der Waals surface area contributed by atoms with Gasteiger partial charge in [-0.3, -0.25) is 0 Å². The van der Waals surface area contributed by atoms with E-state index in [1.807, 2.05) is 0 Å². The Morgan fingerprint density at radius 3 is 2.58 bits per heavy atom. The molecule has 0 aromatic carbocycles. The van der Waals surface area contributed by atoms with Crippen molar-refractivity contribution in [2.24, 2.45) is 11.8 Å². The highest BCUT2D eigenvalue weighted by molar-refractivity contribution is 4.85. The van der Waals surface area contributed by atoms with Gasteiger partial charge in [0.15, 0.2) is 0 Å². The number of nitrogens with one attached hydrogen (secondary N) is 1. The van der Waals surface area contributed by atoms with Crippen LogP contribution in [0.1, 0.15) is 65.2 Å². The first kappa shape index (κ1) is 15.3. The van der Waals surface area contributed by atoms with Crippen LogP contribution in [0, 0.1) is 11.8 Å². The fourth-order valence-corrected chi connectivity index (χ4v) is 4.28. The van der Waals surface area contributed by atoms with Crippen molar-refractivity contribution in [3.63, 3.8) is 0 Å². The van der Waals surface area contributed by atoms with Crippen molar-refractivity contribution in [1.29, 1.82) is 0 Å². The molecule has 2 rings (SSSR count). The molecular formula is C17H34N2. The van der Waals surface area contributed by atoms with E-state index in [4.69, 9.17) is 0 Å². The number of hydrogen-bond acceptors (Lipinski definition) is 2. The molecule has 0 amide bonds. The zero-order chi connectivity index (χ0) is 13.7. The minimum Gasteiger partial charge on any atom is -0.314 e. The van der Waals surface area contributed by atoms with Crippen molar-refractivity contribution < 1.29 is 0 Å². The summed E-state index contributed by atoms with van der Waals surface area (Å²) in [7, 11) is 2.38. The molecule has 0 aromatic rings. The maximum Gasteiger partial charge on any atom is 0.0107 e. The average Bonchev–Trinajstić information content (AvgIpc) is 2.41. The van der Waals surface area contributed by atoms with Crippen molar-refractivity contribution in [3.8, 4) is 0 Å². The summed E-state index contributed by atoms with van der Waals surface area (Å²) in [6.07, 6.45) is 11.5. The van der Waals surface area contributed by atoms with E-state index < -0.39 is 0 Å². The van der Waals surface area contributed by atoms with E-state index in [0.717, 1.165) is 30.5 Å². The van der Waals surface area contributed by atoms with Crippen LogP contribution in [-0.4, -0.2) is 37.1 Å². The molecule has 2 fully saturated rings. The smallest absolute Gasteiger partial charge is 0.0107 e. The number of nitrogens with zero attached hydrogens (tertiary/aromatic N) is 1. The minimum absolute atomic E-state index is 0.780. The zero-order valence-electron chi connectivity index (χ0n) is 13.3. The molecule has 112 valence electrons. The standard InChI is InChI=1S/C17H34N2/c1-4-18-17-11-6-5-9-15(17)13-19(3)16-10-7-8-14(2)12-16/h14-18H,4-13H2,1-3H3. The molecule has 0 radical (unpaired) electrons. The Kier molecular flexibility index (Phi) is 6.15. The number of hydrogen-bond donors (Lipinski definition) is 1. The van der Waals surface area contributed by atoms with E-state index in [1.54, 1.807) is 0 Å². The van der Waals surface area contributed by atoms with E-state index in [9.17, 15) is 0 Å². The topological polar surface area (TPSA) is 15.3 Å². The first-order valence-corrected chi connectivity index (χ1v) is 8.64. The Balaban J connectivity index is 1.83. The van der Waals surface area contributed by atoms with E-state index in [2.05, 4.69) is 31.1 Å². The van der Waals surface area contributed by atoms with Crippen LogP contribution >= 0.6 is 0 Å². The Morgan fingerprint density at radius 2 is 1.84 bits per heavy atom. The van der Waals surface area contributed by atoms with Gasteiger partial charge in [-0.1, -0.05) is 39.5 Å². The van der Waals surface area contributed by atoms with Crippen LogP contribution < -0.4 is 5.32 Å². The molecular weight excluding hydrogens is 232 g/mol. The Hall–Kier alpha value is -0.0800. The second-order valence-corrected chi connectivity index (χ2v) is 7.07. The average molecular weight is 266 g/mol. The van der Waals surface area contributed by atoms with Gasteiger partial charge >= 0.3 is 0 Å². The molecule has 4 atom stereocenters. The fourth-order valence-electron chi connectivity index (χ4n) is 4.28. The molecule has 0 spiro atoms. The summed E-state index contributed by atoms with van der Waals surface area (Å²) < 4.78 is 0. The lowest BCUT2D eigenvalue weighted by Gasteiger charge is -2.39. The van der Waals surface area contributed by atoms with Crippen molar-refractivity contribution >= 4 is 0 Å². The van der Waals surface area contributed by atoms with Gasteiger partial charge < -0.3 is 10.2 Å². The summed E-state index contributed by atoms with van der Waals surface area (Å²) >= 11 is 0. The van der Waals surface area contributed by atoms with E-state index in [0.29, 0.717) is 0 Å². The van der Waals surface area contributed by atoms with Crippen molar-refractivity contribution in [3.05, 3.63) is 0 Å². The normalized spacial score (nSPS) is 36.6. The van der Waals surface area contributed by atoms with Gasteiger partial charge in [-0.2, -0.15) is 0 Å². The molecule has 2 nitrogen and oxygen atoms in total. The molecule has 0 bridgehead atoms. The third kappa shape index (κ3) is 4.46. The van der Waals surface area contributed by atoms with E-state index in [1.165, 1.54) is 57.9 Å². The van der Waals surface area contributed by atoms with Crippen LogP contribution in [0.2, 0.25) is 0 Å². The highest BCUT2D eigenvalue weighted by Gasteiger charge is 2.28. The van der Waals surface area contributed by atoms with Gasteiger partial charge in [0.05, 0.1) is 0 Å². The van der Waals surface area contributed by atoms with Crippen molar-refractivity contribution in [1.82, 2.24) is 10.2 Å². The van der Waals surface area contributed by atoms with Crippen molar-refractivity contribution in [2.45, 2.75) is 77.3 Å². The zero-order valence-corrected chi connectivity index (χ0v) is 13.3. The first-order chi connectivity index (χ1) is 9.20. The summed E-state index contributed by atoms with van der Waals surface area (Å²) in [6, 6.07) is 1.63. The highest BCUT2D eigenvalue weighted by atomic mass is 15.1. The Morgan fingerprint density at radius 1 is 1.05 bits per heavy atom. The molecule has 2 heteroatoms. The molecule has 2 saturated carbocycles. The molecule has 1 N–H and O–H groups in total. The molecule has 4 unspecified atom stereocenters. The van der Waals surface area contributed by atoms with E-state index in [-0.39, 0.29) is 0 Å². The predicted molar refractivity (Wildman–Crippen MR) is 83.5 cm³/mol. The molecule has 0 aromatic heterocycles. The van der Waals surface area contributed by atoms with E-state index >= 15 is 0 Å². The van der Waals surface area contributed by atoms with Crippen LogP contribution in [0.3, 0.4) is 0 Å². The maximum atomic E-state index is 3.72. The quantitative estimate of drug-likeness (QED) is 0.817. The lowest BCUT2D eigenvalue weighted by Crippen LogP contribution is -2.46.